The number of hydrogen-bond acceptors (Lipinski definition) is 5. The van der Waals surface area contributed by atoms with Gasteiger partial charge in [-0.05, 0) is 38.8 Å². The van der Waals surface area contributed by atoms with E-state index in [1.54, 1.807) is 6.92 Å². The number of aromatic nitrogens is 2. The Balaban J connectivity index is 1.68. The van der Waals surface area contributed by atoms with Crippen LogP contribution in [0.3, 0.4) is 0 Å². The van der Waals surface area contributed by atoms with E-state index in [1.807, 2.05) is 6.92 Å². The Morgan fingerprint density at radius 2 is 2.07 bits per heavy atom. The van der Waals surface area contributed by atoms with Crippen LogP contribution in [0.1, 0.15) is 58.1 Å². The fourth-order valence-corrected chi connectivity index (χ4v) is 4.39. The highest BCUT2D eigenvalue weighted by Gasteiger charge is 2.37. The van der Waals surface area contributed by atoms with Crippen LogP contribution in [0.5, 0.6) is 0 Å². The first-order chi connectivity index (χ1) is 14.2. The lowest BCUT2D eigenvalue weighted by Gasteiger charge is -2.36. The van der Waals surface area contributed by atoms with Crippen molar-refractivity contribution in [1.82, 2.24) is 25.7 Å². The van der Waals surface area contributed by atoms with Crippen LogP contribution in [0.25, 0.3) is 0 Å². The lowest BCUT2D eigenvalue weighted by molar-refractivity contribution is -0.137. The van der Waals surface area contributed by atoms with E-state index in [-0.39, 0.29) is 24.2 Å². The summed E-state index contributed by atoms with van der Waals surface area (Å²) < 4.78 is 39.6. The van der Waals surface area contributed by atoms with Crippen molar-refractivity contribution in [2.75, 3.05) is 6.54 Å². The molecule has 0 saturated carbocycles. The van der Waals surface area contributed by atoms with Gasteiger partial charge in [-0.2, -0.15) is 13.2 Å². The SMILES string of the molecule is Cc1nc2c(c(C3CCNN3)n1)C[C@H](C)N(C(=O)c1cccc(C(F)(F)F)c1Cl)C2. The van der Waals surface area contributed by atoms with E-state index in [0.717, 1.165) is 36.0 Å². The molecular formula is C20H21ClF3N5O. The highest BCUT2D eigenvalue weighted by atomic mass is 35.5. The van der Waals surface area contributed by atoms with Crippen LogP contribution in [-0.4, -0.2) is 33.4 Å². The van der Waals surface area contributed by atoms with E-state index in [1.165, 1.54) is 17.0 Å². The van der Waals surface area contributed by atoms with E-state index in [0.29, 0.717) is 12.2 Å². The smallest absolute Gasteiger partial charge is 0.330 e. The average Bonchev–Trinajstić information content (AvgIpc) is 3.20. The van der Waals surface area contributed by atoms with Crippen molar-refractivity contribution in [2.45, 2.75) is 51.5 Å². The number of halogens is 4. The third-order valence-corrected chi connectivity index (χ3v) is 5.96. The molecule has 0 aliphatic carbocycles. The normalized spacial score (nSPS) is 21.6. The summed E-state index contributed by atoms with van der Waals surface area (Å²) >= 11 is 5.98. The Bertz CT molecular complexity index is 991. The summed E-state index contributed by atoms with van der Waals surface area (Å²) in [6.07, 6.45) is -3.22. The van der Waals surface area contributed by atoms with Crippen LogP contribution in [0.4, 0.5) is 13.2 Å². The van der Waals surface area contributed by atoms with Gasteiger partial charge < -0.3 is 4.90 Å². The van der Waals surface area contributed by atoms with Gasteiger partial charge in [-0.3, -0.25) is 10.2 Å². The van der Waals surface area contributed by atoms with E-state index in [2.05, 4.69) is 20.8 Å². The first-order valence-electron chi connectivity index (χ1n) is 9.68. The molecule has 2 N–H and O–H groups in total. The Morgan fingerprint density at radius 3 is 2.73 bits per heavy atom. The highest BCUT2D eigenvalue weighted by Crippen LogP contribution is 2.37. The summed E-state index contributed by atoms with van der Waals surface area (Å²) in [6.45, 7) is 4.68. The van der Waals surface area contributed by atoms with Crippen LogP contribution < -0.4 is 10.9 Å². The Morgan fingerprint density at radius 1 is 1.30 bits per heavy atom. The second-order valence-corrected chi connectivity index (χ2v) is 8.02. The monoisotopic (exact) mass is 439 g/mol. The molecule has 30 heavy (non-hydrogen) atoms. The van der Waals surface area contributed by atoms with Crippen LogP contribution in [0.15, 0.2) is 18.2 Å². The minimum Gasteiger partial charge on any atom is -0.330 e. The molecule has 1 unspecified atom stereocenters. The summed E-state index contributed by atoms with van der Waals surface area (Å²) in [4.78, 5) is 23.8. The molecule has 2 aliphatic rings. The van der Waals surface area contributed by atoms with Gasteiger partial charge in [-0.15, -0.1) is 0 Å². The number of carbonyl (C=O) groups is 1. The van der Waals surface area contributed by atoms with E-state index in [4.69, 9.17) is 11.6 Å². The van der Waals surface area contributed by atoms with Gasteiger partial charge in [-0.25, -0.2) is 15.4 Å². The molecule has 2 atom stereocenters. The van der Waals surface area contributed by atoms with Crippen molar-refractivity contribution < 1.29 is 18.0 Å². The maximum Gasteiger partial charge on any atom is 0.417 e. The van der Waals surface area contributed by atoms with Crippen LogP contribution >= 0.6 is 11.6 Å². The first-order valence-corrected chi connectivity index (χ1v) is 10.1. The fourth-order valence-electron chi connectivity index (χ4n) is 4.07. The first kappa shape index (κ1) is 21.0. The van der Waals surface area contributed by atoms with Crippen LogP contribution in [0.2, 0.25) is 5.02 Å². The molecule has 3 heterocycles. The minimum atomic E-state index is -4.63. The van der Waals surface area contributed by atoms with Crippen molar-refractivity contribution in [3.63, 3.8) is 0 Å². The van der Waals surface area contributed by atoms with E-state index >= 15 is 0 Å². The van der Waals surface area contributed by atoms with Crippen molar-refractivity contribution in [3.8, 4) is 0 Å². The predicted molar refractivity (Wildman–Crippen MR) is 105 cm³/mol. The second kappa shape index (κ2) is 7.79. The van der Waals surface area contributed by atoms with Crippen molar-refractivity contribution in [2.24, 2.45) is 0 Å². The number of aryl methyl sites for hydroxylation is 1. The standard InChI is InChI=1S/C20H21ClF3N5O/c1-10-8-13-16(26-11(2)27-18(13)15-6-7-25-28-15)9-29(10)19(30)12-4-3-5-14(17(12)21)20(22,23)24/h3-5,10,15,25,28H,6-9H2,1-2H3/t10-,15?/m0/s1. The maximum absolute atomic E-state index is 13.2. The van der Waals surface area contributed by atoms with Gasteiger partial charge in [0.25, 0.3) is 5.91 Å². The molecule has 1 saturated heterocycles. The zero-order chi connectivity index (χ0) is 21.6. The summed E-state index contributed by atoms with van der Waals surface area (Å²) in [5, 5.41) is -0.575. The molecule has 0 radical (unpaired) electrons. The molecule has 4 rings (SSSR count). The zero-order valence-corrected chi connectivity index (χ0v) is 17.2. The number of fused-ring (bicyclic) bond motifs is 1. The van der Waals surface area contributed by atoms with Gasteiger partial charge in [0.15, 0.2) is 0 Å². The lowest BCUT2D eigenvalue weighted by atomic mass is 9.93. The molecule has 0 spiro atoms. The molecule has 0 bridgehead atoms. The molecule has 160 valence electrons. The second-order valence-electron chi connectivity index (χ2n) is 7.64. The van der Waals surface area contributed by atoms with Gasteiger partial charge in [-0.1, -0.05) is 17.7 Å². The third-order valence-electron chi connectivity index (χ3n) is 5.55. The molecule has 10 heteroatoms. The van der Waals surface area contributed by atoms with Crippen LogP contribution in [-0.2, 0) is 19.1 Å². The van der Waals surface area contributed by atoms with Crippen molar-refractivity contribution in [1.29, 1.82) is 0 Å². The molecule has 1 fully saturated rings. The van der Waals surface area contributed by atoms with Gasteiger partial charge in [0.05, 0.1) is 40.1 Å². The third kappa shape index (κ3) is 3.77. The number of amides is 1. The topological polar surface area (TPSA) is 70.2 Å². The number of hydrogen-bond donors (Lipinski definition) is 2. The molecule has 2 aromatic rings. The Labute approximate surface area is 176 Å². The summed E-state index contributed by atoms with van der Waals surface area (Å²) in [7, 11) is 0. The Hall–Kier alpha value is -2.23. The summed E-state index contributed by atoms with van der Waals surface area (Å²) in [5.41, 5.74) is 7.77. The Kier molecular flexibility index (Phi) is 5.46. The highest BCUT2D eigenvalue weighted by molar-refractivity contribution is 6.34. The van der Waals surface area contributed by atoms with Crippen LogP contribution in [0, 0.1) is 6.92 Å². The van der Waals surface area contributed by atoms with Gasteiger partial charge in [0.2, 0.25) is 0 Å². The fraction of sp³-hybridized carbons (Fsp3) is 0.450. The number of nitrogens with one attached hydrogen (secondary N) is 2. The summed E-state index contributed by atoms with van der Waals surface area (Å²) in [6, 6.07) is 3.22. The molecule has 1 aromatic heterocycles. The molecule has 2 aliphatic heterocycles. The molecule has 1 amide bonds. The molecule has 6 nitrogen and oxygen atoms in total. The van der Waals surface area contributed by atoms with E-state index < -0.39 is 22.7 Å². The van der Waals surface area contributed by atoms with Gasteiger partial charge in [0.1, 0.15) is 5.82 Å². The van der Waals surface area contributed by atoms with Gasteiger partial charge >= 0.3 is 6.18 Å². The number of rotatable bonds is 2. The van der Waals surface area contributed by atoms with Gasteiger partial charge in [0, 0.05) is 18.2 Å². The van der Waals surface area contributed by atoms with E-state index in [9.17, 15) is 18.0 Å². The number of hydrazine groups is 1. The lowest BCUT2D eigenvalue weighted by Crippen LogP contribution is -2.44. The average molecular weight is 440 g/mol. The number of benzene rings is 1. The summed E-state index contributed by atoms with van der Waals surface area (Å²) in [5.74, 6) is 0.0548. The molecule has 1 aromatic carbocycles. The number of nitrogens with zero attached hydrogens (tertiary/aromatic N) is 3. The maximum atomic E-state index is 13.2. The largest absolute Gasteiger partial charge is 0.417 e. The predicted octanol–water partition coefficient (Wildman–Crippen LogP) is 3.58. The molecular weight excluding hydrogens is 419 g/mol. The number of carbonyl (C=O) groups excluding carboxylic acids is 1. The quantitative estimate of drug-likeness (QED) is 0.748. The van der Waals surface area contributed by atoms with Crippen molar-refractivity contribution >= 4 is 17.5 Å². The minimum absolute atomic E-state index is 0.0628. The zero-order valence-electron chi connectivity index (χ0n) is 16.5. The number of alkyl halides is 3. The van der Waals surface area contributed by atoms with Crippen molar-refractivity contribution in [3.05, 3.63) is 57.1 Å².